The van der Waals surface area contributed by atoms with Crippen LogP contribution in [0.15, 0.2) is 48.5 Å². The Hall–Kier alpha value is -2.82. The number of H-pyrrole nitrogens is 1. The van der Waals surface area contributed by atoms with Crippen molar-refractivity contribution in [2.75, 3.05) is 7.11 Å². The van der Waals surface area contributed by atoms with Crippen LogP contribution in [-0.4, -0.2) is 18.0 Å². The van der Waals surface area contributed by atoms with Crippen LogP contribution in [0.2, 0.25) is 0 Å². The zero-order valence-electron chi connectivity index (χ0n) is 12.0. The number of amides is 1. The van der Waals surface area contributed by atoms with Gasteiger partial charge in [0.25, 0.3) is 5.91 Å². The van der Waals surface area contributed by atoms with E-state index in [0.717, 1.165) is 11.3 Å². The number of fused-ring (bicyclic) bond motifs is 1. The van der Waals surface area contributed by atoms with E-state index in [1.165, 1.54) is 6.07 Å². The monoisotopic (exact) mass is 298 g/mol. The van der Waals surface area contributed by atoms with Gasteiger partial charge in [-0.05, 0) is 29.8 Å². The van der Waals surface area contributed by atoms with E-state index in [0.29, 0.717) is 23.1 Å². The first kappa shape index (κ1) is 14.1. The lowest BCUT2D eigenvalue weighted by molar-refractivity contribution is 0.0947. The lowest BCUT2D eigenvalue weighted by atomic mass is 10.2. The van der Waals surface area contributed by atoms with E-state index in [4.69, 9.17) is 4.74 Å². The molecule has 22 heavy (non-hydrogen) atoms. The number of rotatable bonds is 4. The summed E-state index contributed by atoms with van der Waals surface area (Å²) in [7, 11) is 1.60. The first-order valence-corrected chi connectivity index (χ1v) is 6.86. The second-order valence-corrected chi connectivity index (χ2v) is 4.92. The Morgan fingerprint density at radius 1 is 1.23 bits per heavy atom. The average molecular weight is 298 g/mol. The fraction of sp³-hybridized carbons (Fsp3) is 0.118. The summed E-state index contributed by atoms with van der Waals surface area (Å²) < 4.78 is 18.7. The van der Waals surface area contributed by atoms with Crippen LogP contribution < -0.4 is 10.1 Å². The maximum atomic E-state index is 13.6. The minimum absolute atomic E-state index is 0.272. The molecule has 112 valence electrons. The number of ether oxygens (including phenoxy) is 1. The van der Waals surface area contributed by atoms with Gasteiger partial charge in [0.15, 0.2) is 0 Å². The van der Waals surface area contributed by atoms with E-state index in [9.17, 15) is 9.18 Å². The molecule has 0 aliphatic rings. The molecule has 0 aliphatic heterocycles. The molecule has 0 fully saturated rings. The second-order valence-electron chi connectivity index (χ2n) is 4.92. The lowest BCUT2D eigenvalue weighted by Crippen LogP contribution is -2.23. The quantitative estimate of drug-likeness (QED) is 0.777. The van der Waals surface area contributed by atoms with Crippen molar-refractivity contribution in [1.29, 1.82) is 0 Å². The third-order valence-corrected chi connectivity index (χ3v) is 3.46. The maximum absolute atomic E-state index is 13.6. The molecule has 3 aromatic rings. The smallest absolute Gasteiger partial charge is 0.267 e. The van der Waals surface area contributed by atoms with Crippen molar-refractivity contribution in [3.63, 3.8) is 0 Å². The van der Waals surface area contributed by atoms with Gasteiger partial charge in [-0.2, -0.15) is 0 Å². The molecule has 2 aromatic carbocycles. The molecule has 0 saturated heterocycles. The summed E-state index contributed by atoms with van der Waals surface area (Å²) in [4.78, 5) is 14.9. The van der Waals surface area contributed by atoms with Crippen molar-refractivity contribution in [2.45, 2.75) is 6.54 Å². The van der Waals surface area contributed by atoms with Crippen LogP contribution in [0.3, 0.4) is 0 Å². The first-order valence-electron chi connectivity index (χ1n) is 6.86. The van der Waals surface area contributed by atoms with Crippen LogP contribution in [0.5, 0.6) is 5.75 Å². The Morgan fingerprint density at radius 2 is 2.00 bits per heavy atom. The number of para-hydroxylation sites is 1. The van der Waals surface area contributed by atoms with E-state index in [2.05, 4.69) is 10.3 Å². The highest BCUT2D eigenvalue weighted by Crippen LogP contribution is 2.18. The summed E-state index contributed by atoms with van der Waals surface area (Å²) in [5, 5.41) is 3.48. The Labute approximate surface area is 126 Å². The molecule has 0 radical (unpaired) electrons. The lowest BCUT2D eigenvalue weighted by Gasteiger charge is -2.05. The van der Waals surface area contributed by atoms with Crippen molar-refractivity contribution in [2.24, 2.45) is 0 Å². The van der Waals surface area contributed by atoms with Gasteiger partial charge in [-0.15, -0.1) is 0 Å². The standard InChI is InChI=1S/C17H15FN2O2/c1-22-13-7-5-11(6-8-13)10-19-17(21)15-9-12-3-2-4-14(18)16(12)20-15/h2-9,20H,10H2,1H3,(H,19,21). The van der Waals surface area contributed by atoms with Gasteiger partial charge in [0.05, 0.1) is 12.6 Å². The highest BCUT2D eigenvalue weighted by Gasteiger charge is 2.11. The van der Waals surface area contributed by atoms with Crippen LogP contribution >= 0.6 is 0 Å². The average Bonchev–Trinajstić information content (AvgIpc) is 2.99. The van der Waals surface area contributed by atoms with Gasteiger partial charge in [0, 0.05) is 11.9 Å². The zero-order chi connectivity index (χ0) is 15.5. The van der Waals surface area contributed by atoms with Crippen molar-refractivity contribution >= 4 is 16.8 Å². The molecule has 1 aromatic heterocycles. The number of carbonyl (C=O) groups excluding carboxylic acids is 1. The molecule has 0 bridgehead atoms. The molecule has 0 aliphatic carbocycles. The van der Waals surface area contributed by atoms with Gasteiger partial charge >= 0.3 is 0 Å². The fourth-order valence-electron chi connectivity index (χ4n) is 2.26. The SMILES string of the molecule is COc1ccc(CNC(=O)c2cc3cccc(F)c3[nH]2)cc1. The Kier molecular flexibility index (Phi) is 3.78. The number of aromatic amines is 1. The van der Waals surface area contributed by atoms with Crippen LogP contribution in [0.4, 0.5) is 4.39 Å². The number of aromatic nitrogens is 1. The largest absolute Gasteiger partial charge is 0.497 e. The summed E-state index contributed by atoms with van der Waals surface area (Å²) in [6, 6.07) is 13.8. The second kappa shape index (κ2) is 5.89. The van der Waals surface area contributed by atoms with Crippen LogP contribution in [0.1, 0.15) is 16.1 Å². The summed E-state index contributed by atoms with van der Waals surface area (Å²) in [6.45, 7) is 0.390. The number of hydrogen-bond donors (Lipinski definition) is 2. The molecule has 2 N–H and O–H groups in total. The van der Waals surface area contributed by atoms with E-state index >= 15 is 0 Å². The van der Waals surface area contributed by atoms with Gasteiger partial charge in [-0.3, -0.25) is 4.79 Å². The Balaban J connectivity index is 1.71. The minimum Gasteiger partial charge on any atom is -0.497 e. The molecule has 0 saturated carbocycles. The van der Waals surface area contributed by atoms with Crippen molar-refractivity contribution < 1.29 is 13.9 Å². The number of carbonyl (C=O) groups is 1. The van der Waals surface area contributed by atoms with E-state index in [1.54, 1.807) is 25.3 Å². The Bertz CT molecular complexity index is 809. The molecule has 0 atom stereocenters. The number of hydrogen-bond acceptors (Lipinski definition) is 2. The van der Waals surface area contributed by atoms with Crippen molar-refractivity contribution in [3.8, 4) is 5.75 Å². The molecule has 0 unspecified atom stereocenters. The van der Waals surface area contributed by atoms with E-state index in [-0.39, 0.29) is 11.7 Å². The normalized spacial score (nSPS) is 10.6. The maximum Gasteiger partial charge on any atom is 0.267 e. The van der Waals surface area contributed by atoms with Crippen LogP contribution in [0.25, 0.3) is 10.9 Å². The fourth-order valence-corrected chi connectivity index (χ4v) is 2.26. The van der Waals surface area contributed by atoms with E-state index in [1.807, 2.05) is 24.3 Å². The molecule has 3 rings (SSSR count). The number of nitrogens with one attached hydrogen (secondary N) is 2. The molecule has 5 heteroatoms. The molecule has 1 heterocycles. The zero-order valence-corrected chi connectivity index (χ0v) is 12.0. The number of halogens is 1. The van der Waals surface area contributed by atoms with Crippen LogP contribution in [-0.2, 0) is 6.54 Å². The Morgan fingerprint density at radius 3 is 2.68 bits per heavy atom. The van der Waals surface area contributed by atoms with Crippen molar-refractivity contribution in [1.82, 2.24) is 10.3 Å². The third kappa shape index (κ3) is 2.79. The first-order chi connectivity index (χ1) is 10.7. The van der Waals surface area contributed by atoms with Crippen molar-refractivity contribution in [3.05, 3.63) is 65.6 Å². The number of methoxy groups -OCH3 is 1. The van der Waals surface area contributed by atoms with Gasteiger partial charge in [-0.25, -0.2) is 4.39 Å². The summed E-state index contributed by atoms with van der Waals surface area (Å²) in [6.07, 6.45) is 0. The molecule has 0 spiro atoms. The van der Waals surface area contributed by atoms with Gasteiger partial charge in [0.2, 0.25) is 0 Å². The third-order valence-electron chi connectivity index (χ3n) is 3.46. The van der Waals surface area contributed by atoms with E-state index < -0.39 is 0 Å². The minimum atomic E-state index is -0.369. The van der Waals surface area contributed by atoms with Gasteiger partial charge < -0.3 is 15.0 Å². The summed E-state index contributed by atoms with van der Waals surface area (Å²) in [5.41, 5.74) is 1.64. The number of benzene rings is 2. The predicted molar refractivity (Wildman–Crippen MR) is 82.4 cm³/mol. The van der Waals surface area contributed by atoms with Gasteiger partial charge in [-0.1, -0.05) is 24.3 Å². The summed E-state index contributed by atoms with van der Waals surface area (Å²) >= 11 is 0. The van der Waals surface area contributed by atoms with Crippen LogP contribution in [0, 0.1) is 5.82 Å². The molecular formula is C17H15FN2O2. The highest BCUT2D eigenvalue weighted by atomic mass is 19.1. The molecular weight excluding hydrogens is 283 g/mol. The van der Waals surface area contributed by atoms with Gasteiger partial charge in [0.1, 0.15) is 17.3 Å². The predicted octanol–water partition coefficient (Wildman–Crippen LogP) is 3.25. The molecule has 4 nitrogen and oxygen atoms in total. The summed E-state index contributed by atoms with van der Waals surface area (Å²) in [5.74, 6) is 0.124. The molecule has 1 amide bonds. The highest BCUT2D eigenvalue weighted by molar-refractivity contribution is 5.98. The topological polar surface area (TPSA) is 54.1 Å².